The lowest BCUT2D eigenvalue weighted by Crippen LogP contribution is -2.49. The second-order valence-corrected chi connectivity index (χ2v) is 5.80. The van der Waals surface area contributed by atoms with Crippen LogP contribution in [0.3, 0.4) is 0 Å². The highest BCUT2D eigenvalue weighted by Crippen LogP contribution is 2.38. The van der Waals surface area contributed by atoms with Gasteiger partial charge in [0, 0.05) is 38.7 Å². The van der Waals surface area contributed by atoms with Gasteiger partial charge in [0.15, 0.2) is 11.5 Å². The van der Waals surface area contributed by atoms with Crippen LogP contribution in [-0.2, 0) is 0 Å². The molecule has 140 valence electrons. The summed E-state index contributed by atoms with van der Waals surface area (Å²) in [5.74, 6) is 1.80. The van der Waals surface area contributed by atoms with Gasteiger partial charge < -0.3 is 28.4 Å². The van der Waals surface area contributed by atoms with Crippen molar-refractivity contribution in [3.05, 3.63) is 23.6 Å². The van der Waals surface area contributed by atoms with Gasteiger partial charge in [-0.05, 0) is 12.1 Å². The molecule has 9 nitrogen and oxygen atoms in total. The number of benzene rings is 1. The first kappa shape index (κ1) is 17.8. The van der Waals surface area contributed by atoms with Gasteiger partial charge >= 0.3 is 6.01 Å². The quantitative estimate of drug-likeness (QED) is 0.788. The van der Waals surface area contributed by atoms with Gasteiger partial charge in [-0.25, -0.2) is 0 Å². The van der Waals surface area contributed by atoms with Crippen molar-refractivity contribution in [3.8, 4) is 17.2 Å². The van der Waals surface area contributed by atoms with Crippen molar-refractivity contribution in [1.29, 1.82) is 0 Å². The Labute approximate surface area is 151 Å². The van der Waals surface area contributed by atoms with E-state index in [4.69, 9.17) is 18.6 Å². The summed E-state index contributed by atoms with van der Waals surface area (Å²) >= 11 is 0. The zero-order valence-electron chi connectivity index (χ0n) is 15.3. The SMILES string of the molecule is COc1cc(C(=O)N2CCN(c3nnc(C)o3)CC2)cc(OC)c1OC. The van der Waals surface area contributed by atoms with Crippen LogP contribution in [0.4, 0.5) is 6.01 Å². The average Bonchev–Trinajstić information content (AvgIpc) is 3.12. The van der Waals surface area contributed by atoms with Crippen molar-refractivity contribution in [2.75, 3.05) is 52.4 Å². The van der Waals surface area contributed by atoms with Gasteiger partial charge in [0.2, 0.25) is 11.6 Å². The van der Waals surface area contributed by atoms with Gasteiger partial charge in [-0.3, -0.25) is 4.79 Å². The fraction of sp³-hybridized carbons (Fsp3) is 0.471. The number of methoxy groups -OCH3 is 3. The molecule has 1 aromatic carbocycles. The molecule has 0 N–H and O–H groups in total. The summed E-state index contributed by atoms with van der Waals surface area (Å²) in [6, 6.07) is 3.82. The number of hydrogen-bond donors (Lipinski definition) is 0. The summed E-state index contributed by atoms with van der Waals surface area (Å²) in [7, 11) is 4.58. The molecular formula is C17H22N4O5. The zero-order chi connectivity index (χ0) is 18.7. The molecule has 1 aliphatic rings. The minimum absolute atomic E-state index is 0.0920. The fourth-order valence-electron chi connectivity index (χ4n) is 2.90. The second-order valence-electron chi connectivity index (χ2n) is 5.80. The van der Waals surface area contributed by atoms with Crippen LogP contribution in [0.25, 0.3) is 0 Å². The molecule has 1 amide bonds. The van der Waals surface area contributed by atoms with Crippen molar-refractivity contribution in [3.63, 3.8) is 0 Å². The van der Waals surface area contributed by atoms with E-state index in [0.717, 1.165) is 0 Å². The Morgan fingerprint density at radius 1 is 1.00 bits per heavy atom. The van der Waals surface area contributed by atoms with Gasteiger partial charge in [-0.2, -0.15) is 0 Å². The van der Waals surface area contributed by atoms with Gasteiger partial charge in [0.25, 0.3) is 5.91 Å². The molecule has 0 aliphatic carbocycles. The molecule has 0 unspecified atom stereocenters. The summed E-state index contributed by atoms with van der Waals surface area (Å²) in [6.45, 7) is 4.10. The molecule has 0 saturated carbocycles. The first-order valence-electron chi connectivity index (χ1n) is 8.21. The third-order valence-corrected chi connectivity index (χ3v) is 4.26. The van der Waals surface area contributed by atoms with E-state index < -0.39 is 0 Å². The highest BCUT2D eigenvalue weighted by atomic mass is 16.5. The molecule has 9 heteroatoms. The van der Waals surface area contributed by atoms with Crippen LogP contribution in [0.15, 0.2) is 16.5 Å². The Morgan fingerprint density at radius 3 is 2.08 bits per heavy atom. The van der Waals surface area contributed by atoms with Gasteiger partial charge in [-0.1, -0.05) is 5.10 Å². The maximum Gasteiger partial charge on any atom is 0.318 e. The minimum atomic E-state index is -0.0920. The van der Waals surface area contributed by atoms with E-state index in [2.05, 4.69) is 10.2 Å². The Balaban J connectivity index is 1.74. The minimum Gasteiger partial charge on any atom is -0.493 e. The molecular weight excluding hydrogens is 340 g/mol. The molecule has 0 bridgehead atoms. The van der Waals surface area contributed by atoms with E-state index in [-0.39, 0.29) is 5.91 Å². The summed E-state index contributed by atoms with van der Waals surface area (Å²) in [6.07, 6.45) is 0. The first-order chi connectivity index (χ1) is 12.6. The molecule has 3 rings (SSSR count). The van der Waals surface area contributed by atoms with Crippen LogP contribution >= 0.6 is 0 Å². The lowest BCUT2D eigenvalue weighted by Gasteiger charge is -2.33. The molecule has 2 heterocycles. The summed E-state index contributed by atoms with van der Waals surface area (Å²) < 4.78 is 21.4. The van der Waals surface area contributed by atoms with Crippen LogP contribution < -0.4 is 19.1 Å². The fourth-order valence-corrected chi connectivity index (χ4v) is 2.90. The number of ether oxygens (including phenoxy) is 3. The van der Waals surface area contributed by atoms with E-state index >= 15 is 0 Å². The summed E-state index contributed by atoms with van der Waals surface area (Å²) in [4.78, 5) is 16.6. The van der Waals surface area contributed by atoms with Crippen LogP contribution in [0.1, 0.15) is 16.2 Å². The number of aromatic nitrogens is 2. The molecule has 2 aromatic rings. The normalized spacial score (nSPS) is 14.3. The van der Waals surface area contributed by atoms with Crippen LogP contribution in [0.5, 0.6) is 17.2 Å². The number of aryl methyl sites for hydroxylation is 1. The van der Waals surface area contributed by atoms with Crippen molar-refractivity contribution in [2.24, 2.45) is 0 Å². The first-order valence-corrected chi connectivity index (χ1v) is 8.21. The average molecular weight is 362 g/mol. The number of piperazine rings is 1. The number of carbonyl (C=O) groups excluding carboxylic acids is 1. The predicted molar refractivity (Wildman–Crippen MR) is 93.2 cm³/mol. The van der Waals surface area contributed by atoms with Crippen molar-refractivity contribution >= 4 is 11.9 Å². The van der Waals surface area contributed by atoms with Gasteiger partial charge in [-0.15, -0.1) is 5.10 Å². The van der Waals surface area contributed by atoms with E-state index in [9.17, 15) is 4.79 Å². The zero-order valence-corrected chi connectivity index (χ0v) is 15.3. The lowest BCUT2D eigenvalue weighted by atomic mass is 10.1. The predicted octanol–water partition coefficient (Wildman–Crippen LogP) is 1.37. The van der Waals surface area contributed by atoms with Crippen molar-refractivity contribution in [1.82, 2.24) is 15.1 Å². The smallest absolute Gasteiger partial charge is 0.318 e. The summed E-state index contributed by atoms with van der Waals surface area (Å²) in [5, 5.41) is 7.86. The van der Waals surface area contributed by atoms with Crippen LogP contribution in [-0.4, -0.2) is 68.5 Å². The number of nitrogens with zero attached hydrogens (tertiary/aromatic N) is 4. The van der Waals surface area contributed by atoms with E-state index in [0.29, 0.717) is 60.9 Å². The standard InChI is InChI=1S/C17H22N4O5/c1-11-18-19-17(26-11)21-7-5-20(6-8-21)16(22)12-9-13(23-2)15(25-4)14(10-12)24-3/h9-10H,5-8H2,1-4H3. The Hall–Kier alpha value is -2.97. The topological polar surface area (TPSA) is 90.2 Å². The highest BCUT2D eigenvalue weighted by Gasteiger charge is 2.26. The molecule has 26 heavy (non-hydrogen) atoms. The maximum atomic E-state index is 12.9. The number of carbonyl (C=O) groups is 1. The molecule has 0 atom stereocenters. The number of anilines is 1. The maximum absolute atomic E-state index is 12.9. The number of hydrogen-bond acceptors (Lipinski definition) is 8. The molecule has 0 spiro atoms. The molecule has 1 fully saturated rings. The van der Waals surface area contributed by atoms with E-state index in [1.807, 2.05) is 4.90 Å². The lowest BCUT2D eigenvalue weighted by molar-refractivity contribution is 0.0744. The van der Waals surface area contributed by atoms with Crippen LogP contribution in [0, 0.1) is 6.92 Å². The third kappa shape index (κ3) is 3.37. The van der Waals surface area contributed by atoms with Gasteiger partial charge in [0.1, 0.15) is 0 Å². The van der Waals surface area contributed by atoms with Crippen LogP contribution in [0.2, 0.25) is 0 Å². The number of rotatable bonds is 5. The Morgan fingerprint density at radius 2 is 1.62 bits per heavy atom. The molecule has 1 aliphatic heterocycles. The highest BCUT2D eigenvalue weighted by molar-refractivity contribution is 5.95. The molecule has 0 radical (unpaired) electrons. The molecule has 1 aromatic heterocycles. The van der Waals surface area contributed by atoms with Crippen molar-refractivity contribution < 1.29 is 23.4 Å². The summed E-state index contributed by atoms with van der Waals surface area (Å²) in [5.41, 5.74) is 0.488. The third-order valence-electron chi connectivity index (χ3n) is 4.26. The van der Waals surface area contributed by atoms with E-state index in [1.165, 1.54) is 21.3 Å². The molecule has 1 saturated heterocycles. The largest absolute Gasteiger partial charge is 0.493 e. The van der Waals surface area contributed by atoms with Gasteiger partial charge in [0.05, 0.1) is 21.3 Å². The second kappa shape index (κ2) is 7.51. The Bertz CT molecular complexity index is 758. The van der Waals surface area contributed by atoms with Crippen molar-refractivity contribution in [2.45, 2.75) is 6.92 Å². The van der Waals surface area contributed by atoms with E-state index in [1.54, 1.807) is 24.0 Å². The number of amides is 1. The Kier molecular flexibility index (Phi) is 5.15. The monoisotopic (exact) mass is 362 g/mol.